The van der Waals surface area contributed by atoms with E-state index in [1.54, 1.807) is 11.9 Å². The van der Waals surface area contributed by atoms with Crippen molar-refractivity contribution < 1.29 is 9.59 Å². The number of likely N-dealkylation sites (N-methyl/N-ethyl adjacent to an activating group) is 1. The molecule has 0 aromatic carbocycles. The Morgan fingerprint density at radius 2 is 2.15 bits per heavy atom. The van der Waals surface area contributed by atoms with Crippen molar-refractivity contribution >= 4 is 12.3 Å². The average Bonchev–Trinajstić information content (AvgIpc) is 2.19. The van der Waals surface area contributed by atoms with E-state index >= 15 is 0 Å². The zero-order valence-electron chi connectivity index (χ0n) is 7.82. The van der Waals surface area contributed by atoms with Crippen molar-refractivity contribution in [3.63, 3.8) is 0 Å². The second kappa shape index (κ2) is 4.81. The molecule has 74 valence electrons. The first-order valence-corrected chi connectivity index (χ1v) is 4.38. The molecule has 0 aliphatic carbocycles. The van der Waals surface area contributed by atoms with E-state index in [2.05, 4.69) is 5.32 Å². The minimum absolute atomic E-state index is 0.0242. The average molecular weight is 185 g/mol. The molecular formula is C8H15N3O2. The monoisotopic (exact) mass is 185 g/mol. The van der Waals surface area contributed by atoms with Gasteiger partial charge >= 0.3 is 0 Å². The first-order valence-electron chi connectivity index (χ1n) is 4.38. The van der Waals surface area contributed by atoms with E-state index in [4.69, 9.17) is 0 Å². The lowest BCUT2D eigenvalue weighted by molar-refractivity contribution is -0.135. The van der Waals surface area contributed by atoms with Crippen molar-refractivity contribution in [2.24, 2.45) is 0 Å². The maximum absolute atomic E-state index is 11.5. The summed E-state index contributed by atoms with van der Waals surface area (Å²) in [6.07, 6.45) is 0.667. The molecule has 5 nitrogen and oxygen atoms in total. The summed E-state index contributed by atoms with van der Waals surface area (Å²) < 4.78 is 0. The zero-order valence-corrected chi connectivity index (χ0v) is 7.82. The van der Waals surface area contributed by atoms with Crippen molar-refractivity contribution in [3.05, 3.63) is 0 Å². The summed E-state index contributed by atoms with van der Waals surface area (Å²) in [6.45, 7) is 3.35. The molecule has 1 heterocycles. The Labute approximate surface area is 77.7 Å². The third kappa shape index (κ3) is 3.02. The normalized spacial score (nSPS) is 16.8. The number of hydrogen-bond acceptors (Lipinski definition) is 3. The minimum atomic E-state index is 0.0242. The molecule has 1 aliphatic rings. The lowest BCUT2D eigenvalue weighted by Gasteiger charge is -2.28. The zero-order chi connectivity index (χ0) is 9.68. The predicted molar refractivity (Wildman–Crippen MR) is 48.1 cm³/mol. The number of amides is 2. The summed E-state index contributed by atoms with van der Waals surface area (Å²) in [7, 11) is 1.60. The van der Waals surface area contributed by atoms with Crippen molar-refractivity contribution in [1.29, 1.82) is 0 Å². The highest BCUT2D eigenvalue weighted by Gasteiger charge is 2.16. The number of hydrogen-bond donors (Lipinski definition) is 1. The van der Waals surface area contributed by atoms with Crippen LogP contribution in [0.4, 0.5) is 0 Å². The summed E-state index contributed by atoms with van der Waals surface area (Å²) in [4.78, 5) is 24.9. The van der Waals surface area contributed by atoms with Gasteiger partial charge in [0.25, 0.3) is 0 Å². The molecule has 0 radical (unpaired) electrons. The van der Waals surface area contributed by atoms with E-state index in [1.807, 2.05) is 0 Å². The predicted octanol–water partition coefficient (Wildman–Crippen LogP) is -1.49. The molecule has 2 amide bonds. The maximum atomic E-state index is 11.5. The number of piperazine rings is 1. The van der Waals surface area contributed by atoms with Crippen LogP contribution in [0.5, 0.6) is 0 Å². The van der Waals surface area contributed by atoms with Gasteiger partial charge < -0.3 is 15.1 Å². The molecule has 13 heavy (non-hydrogen) atoms. The second-order valence-electron chi connectivity index (χ2n) is 3.15. The summed E-state index contributed by atoms with van der Waals surface area (Å²) in [6, 6.07) is 0. The molecule has 0 spiro atoms. The Hall–Kier alpha value is -1.10. The van der Waals surface area contributed by atoms with E-state index in [0.29, 0.717) is 6.41 Å². The standard InChI is InChI=1S/C8H15N3O2/c1-10(7-12)6-8(13)11-4-2-9-3-5-11/h7,9H,2-6H2,1H3. The molecule has 0 saturated carbocycles. The number of carbonyl (C=O) groups is 2. The molecule has 1 aliphatic heterocycles. The van der Waals surface area contributed by atoms with Crippen LogP contribution in [-0.2, 0) is 9.59 Å². The Kier molecular flexibility index (Phi) is 3.70. The van der Waals surface area contributed by atoms with Gasteiger partial charge in [0.2, 0.25) is 12.3 Å². The van der Waals surface area contributed by atoms with E-state index in [1.165, 1.54) is 4.90 Å². The van der Waals surface area contributed by atoms with Crippen LogP contribution in [0, 0.1) is 0 Å². The number of nitrogens with one attached hydrogen (secondary N) is 1. The number of carbonyl (C=O) groups excluding carboxylic acids is 2. The fourth-order valence-corrected chi connectivity index (χ4v) is 1.26. The van der Waals surface area contributed by atoms with Gasteiger partial charge in [-0.1, -0.05) is 0 Å². The molecule has 0 aromatic rings. The van der Waals surface area contributed by atoms with Gasteiger partial charge in [-0.3, -0.25) is 9.59 Å². The molecule has 0 aromatic heterocycles. The van der Waals surface area contributed by atoms with Gasteiger partial charge in [0.05, 0.1) is 6.54 Å². The summed E-state index contributed by atoms with van der Waals surface area (Å²) in [5.74, 6) is 0.0242. The van der Waals surface area contributed by atoms with Crippen LogP contribution in [0.3, 0.4) is 0 Å². The van der Waals surface area contributed by atoms with Crippen LogP contribution in [0.15, 0.2) is 0 Å². The number of nitrogens with zero attached hydrogens (tertiary/aromatic N) is 2. The van der Waals surface area contributed by atoms with Crippen LogP contribution < -0.4 is 5.32 Å². The lowest BCUT2D eigenvalue weighted by atomic mass is 10.3. The molecule has 1 saturated heterocycles. The van der Waals surface area contributed by atoms with Crippen molar-refractivity contribution in [2.45, 2.75) is 0 Å². The second-order valence-corrected chi connectivity index (χ2v) is 3.15. The van der Waals surface area contributed by atoms with Gasteiger partial charge in [0.1, 0.15) is 0 Å². The Bertz CT molecular complexity index is 190. The molecule has 1 N–H and O–H groups in total. The van der Waals surface area contributed by atoms with Crippen LogP contribution in [-0.4, -0.2) is 61.9 Å². The molecule has 0 atom stereocenters. The maximum Gasteiger partial charge on any atom is 0.242 e. The summed E-state index contributed by atoms with van der Waals surface area (Å²) >= 11 is 0. The Morgan fingerprint density at radius 3 is 2.69 bits per heavy atom. The van der Waals surface area contributed by atoms with E-state index in [9.17, 15) is 9.59 Å². The SMILES string of the molecule is CN(C=O)CC(=O)N1CCNCC1. The van der Waals surface area contributed by atoms with Gasteiger partial charge in [-0.15, -0.1) is 0 Å². The molecule has 1 fully saturated rings. The highest BCUT2D eigenvalue weighted by atomic mass is 16.2. The quantitative estimate of drug-likeness (QED) is 0.545. The summed E-state index contributed by atoms with van der Waals surface area (Å²) in [5, 5.41) is 3.16. The highest BCUT2D eigenvalue weighted by molar-refractivity contribution is 5.80. The third-order valence-corrected chi connectivity index (χ3v) is 2.03. The Morgan fingerprint density at radius 1 is 1.54 bits per heavy atom. The topological polar surface area (TPSA) is 52.7 Å². The van der Waals surface area contributed by atoms with Gasteiger partial charge in [-0.05, 0) is 0 Å². The van der Waals surface area contributed by atoms with E-state index in [0.717, 1.165) is 26.2 Å². The van der Waals surface area contributed by atoms with Crippen LogP contribution >= 0.6 is 0 Å². The first kappa shape index (κ1) is 9.98. The van der Waals surface area contributed by atoms with E-state index < -0.39 is 0 Å². The largest absolute Gasteiger partial charge is 0.339 e. The molecular weight excluding hydrogens is 170 g/mol. The fourth-order valence-electron chi connectivity index (χ4n) is 1.26. The van der Waals surface area contributed by atoms with Crippen LogP contribution in [0.2, 0.25) is 0 Å². The van der Waals surface area contributed by atoms with E-state index in [-0.39, 0.29) is 12.5 Å². The van der Waals surface area contributed by atoms with Gasteiger partial charge in [0, 0.05) is 33.2 Å². The highest BCUT2D eigenvalue weighted by Crippen LogP contribution is 1.93. The smallest absolute Gasteiger partial charge is 0.242 e. The molecule has 5 heteroatoms. The van der Waals surface area contributed by atoms with Crippen molar-refractivity contribution in [3.8, 4) is 0 Å². The van der Waals surface area contributed by atoms with Gasteiger partial charge in [-0.2, -0.15) is 0 Å². The number of rotatable bonds is 3. The third-order valence-electron chi connectivity index (χ3n) is 2.03. The van der Waals surface area contributed by atoms with Crippen LogP contribution in [0.25, 0.3) is 0 Å². The van der Waals surface area contributed by atoms with Crippen molar-refractivity contribution in [1.82, 2.24) is 15.1 Å². The molecule has 0 bridgehead atoms. The van der Waals surface area contributed by atoms with Gasteiger partial charge in [0.15, 0.2) is 0 Å². The molecule has 1 rings (SSSR count). The van der Waals surface area contributed by atoms with Crippen molar-refractivity contribution in [2.75, 3.05) is 39.8 Å². The lowest BCUT2D eigenvalue weighted by Crippen LogP contribution is -2.49. The summed E-state index contributed by atoms with van der Waals surface area (Å²) in [5.41, 5.74) is 0. The fraction of sp³-hybridized carbons (Fsp3) is 0.750. The minimum Gasteiger partial charge on any atom is -0.339 e. The molecule has 0 unspecified atom stereocenters. The van der Waals surface area contributed by atoms with Gasteiger partial charge in [-0.25, -0.2) is 0 Å². The van der Waals surface area contributed by atoms with Crippen LogP contribution in [0.1, 0.15) is 0 Å². The first-order chi connectivity index (χ1) is 6.24. The Balaban J connectivity index is 2.32.